The molecule has 0 N–H and O–H groups in total. The van der Waals surface area contributed by atoms with Crippen LogP contribution in [0.3, 0.4) is 0 Å². The number of benzene rings is 1. The van der Waals surface area contributed by atoms with Crippen molar-refractivity contribution < 1.29 is 4.79 Å². The number of aryl methyl sites for hydroxylation is 2. The zero-order valence-corrected chi connectivity index (χ0v) is 17.9. The first kappa shape index (κ1) is 20.2. The van der Waals surface area contributed by atoms with Gasteiger partial charge in [-0.05, 0) is 79.4 Å². The molecular formula is C25H28N4O. The predicted molar refractivity (Wildman–Crippen MR) is 119 cm³/mol. The Morgan fingerprint density at radius 2 is 1.70 bits per heavy atom. The minimum Gasteiger partial charge on any atom is -0.336 e. The number of carbonyl (C=O) groups excluding carboxylic acids is 1. The van der Waals surface area contributed by atoms with Crippen molar-refractivity contribution in [2.24, 2.45) is 0 Å². The molecule has 4 rings (SSSR count). The summed E-state index contributed by atoms with van der Waals surface area (Å²) in [5.74, 6) is 0.0686. The SMILES string of the molecule is Cc1cc(-c2cc(CN3CCN(C(=O)c4cccnc4)CC3)ccn2)cc(C)c1C. The molecule has 1 amide bonds. The summed E-state index contributed by atoms with van der Waals surface area (Å²) in [5, 5.41) is 0. The first-order valence-corrected chi connectivity index (χ1v) is 10.5. The number of nitrogens with zero attached hydrogens (tertiary/aromatic N) is 4. The van der Waals surface area contributed by atoms with Crippen LogP contribution in [0.1, 0.15) is 32.6 Å². The van der Waals surface area contributed by atoms with Crippen molar-refractivity contribution in [2.45, 2.75) is 27.3 Å². The van der Waals surface area contributed by atoms with E-state index in [1.54, 1.807) is 12.4 Å². The quantitative estimate of drug-likeness (QED) is 0.664. The second-order valence-corrected chi connectivity index (χ2v) is 8.09. The maximum atomic E-state index is 12.6. The lowest BCUT2D eigenvalue weighted by Gasteiger charge is -2.34. The van der Waals surface area contributed by atoms with Crippen LogP contribution in [0.2, 0.25) is 0 Å². The summed E-state index contributed by atoms with van der Waals surface area (Å²) in [7, 11) is 0. The lowest BCUT2D eigenvalue weighted by molar-refractivity contribution is 0.0628. The van der Waals surface area contributed by atoms with E-state index < -0.39 is 0 Å². The number of aromatic nitrogens is 2. The van der Waals surface area contributed by atoms with E-state index in [0.29, 0.717) is 5.56 Å². The normalized spacial score (nSPS) is 14.7. The molecule has 0 atom stereocenters. The fourth-order valence-electron chi connectivity index (χ4n) is 3.95. The smallest absolute Gasteiger partial charge is 0.255 e. The molecule has 30 heavy (non-hydrogen) atoms. The molecule has 3 heterocycles. The van der Waals surface area contributed by atoms with Crippen molar-refractivity contribution in [2.75, 3.05) is 26.2 Å². The van der Waals surface area contributed by atoms with Gasteiger partial charge in [0, 0.05) is 56.9 Å². The summed E-state index contributed by atoms with van der Waals surface area (Å²) in [6.07, 6.45) is 5.23. The summed E-state index contributed by atoms with van der Waals surface area (Å²) in [5.41, 5.74) is 8.04. The molecule has 154 valence electrons. The maximum absolute atomic E-state index is 12.6. The fourth-order valence-corrected chi connectivity index (χ4v) is 3.95. The Kier molecular flexibility index (Phi) is 5.91. The highest BCUT2D eigenvalue weighted by atomic mass is 16.2. The Balaban J connectivity index is 1.40. The number of amides is 1. The molecule has 1 aromatic carbocycles. The highest BCUT2D eigenvalue weighted by molar-refractivity contribution is 5.93. The van der Waals surface area contributed by atoms with Gasteiger partial charge >= 0.3 is 0 Å². The second-order valence-electron chi connectivity index (χ2n) is 8.09. The standard InChI is InChI=1S/C25H28N4O/c1-18-13-23(14-19(2)20(18)3)24-15-21(6-8-27-24)17-28-9-11-29(12-10-28)25(30)22-5-4-7-26-16-22/h4-8,13-16H,9-12,17H2,1-3H3. The van der Waals surface area contributed by atoms with Gasteiger partial charge in [0.2, 0.25) is 0 Å². The monoisotopic (exact) mass is 400 g/mol. The molecule has 5 nitrogen and oxygen atoms in total. The van der Waals surface area contributed by atoms with Crippen LogP contribution >= 0.6 is 0 Å². The average Bonchev–Trinajstić information content (AvgIpc) is 2.78. The number of pyridine rings is 2. The summed E-state index contributed by atoms with van der Waals surface area (Å²) in [6.45, 7) is 10.6. The molecule has 0 aliphatic carbocycles. The van der Waals surface area contributed by atoms with Crippen LogP contribution in [0.4, 0.5) is 0 Å². The lowest BCUT2D eigenvalue weighted by Crippen LogP contribution is -2.48. The molecule has 1 saturated heterocycles. The molecule has 0 radical (unpaired) electrons. The molecule has 0 spiro atoms. The third kappa shape index (κ3) is 4.41. The zero-order valence-electron chi connectivity index (χ0n) is 17.9. The van der Waals surface area contributed by atoms with E-state index in [-0.39, 0.29) is 5.91 Å². The second kappa shape index (κ2) is 8.76. The summed E-state index contributed by atoms with van der Waals surface area (Å²) < 4.78 is 0. The van der Waals surface area contributed by atoms with Crippen LogP contribution < -0.4 is 0 Å². The van der Waals surface area contributed by atoms with Gasteiger partial charge in [-0.3, -0.25) is 19.7 Å². The third-order valence-corrected chi connectivity index (χ3v) is 6.02. The van der Waals surface area contributed by atoms with Gasteiger partial charge in [0.15, 0.2) is 0 Å². The van der Waals surface area contributed by atoms with Crippen LogP contribution in [-0.2, 0) is 6.54 Å². The lowest BCUT2D eigenvalue weighted by atomic mass is 9.98. The maximum Gasteiger partial charge on any atom is 0.255 e. The zero-order chi connectivity index (χ0) is 21.1. The van der Waals surface area contributed by atoms with Crippen molar-refractivity contribution in [3.8, 4) is 11.3 Å². The topological polar surface area (TPSA) is 49.3 Å². The molecule has 5 heteroatoms. The third-order valence-electron chi connectivity index (χ3n) is 6.02. The van der Waals surface area contributed by atoms with E-state index in [9.17, 15) is 4.79 Å². The van der Waals surface area contributed by atoms with Crippen molar-refractivity contribution in [3.05, 3.63) is 82.8 Å². The van der Waals surface area contributed by atoms with Gasteiger partial charge in [-0.25, -0.2) is 0 Å². The van der Waals surface area contributed by atoms with Gasteiger partial charge < -0.3 is 4.90 Å². The summed E-state index contributed by atoms with van der Waals surface area (Å²) in [6, 6.07) is 12.4. The number of hydrogen-bond donors (Lipinski definition) is 0. The molecule has 0 bridgehead atoms. The van der Waals surface area contributed by atoms with Gasteiger partial charge in [-0.2, -0.15) is 0 Å². The summed E-state index contributed by atoms with van der Waals surface area (Å²) >= 11 is 0. The predicted octanol–water partition coefficient (Wildman–Crippen LogP) is 4.03. The number of rotatable bonds is 4. The van der Waals surface area contributed by atoms with Crippen molar-refractivity contribution >= 4 is 5.91 Å². The number of hydrogen-bond acceptors (Lipinski definition) is 4. The minimum absolute atomic E-state index is 0.0686. The van der Waals surface area contributed by atoms with Gasteiger partial charge in [0.05, 0.1) is 11.3 Å². The Morgan fingerprint density at radius 1 is 0.967 bits per heavy atom. The number of piperazine rings is 1. The Labute approximate surface area is 178 Å². The van der Waals surface area contributed by atoms with Gasteiger partial charge in [0.1, 0.15) is 0 Å². The molecule has 1 fully saturated rings. The fraction of sp³-hybridized carbons (Fsp3) is 0.320. The van der Waals surface area contributed by atoms with E-state index in [4.69, 9.17) is 0 Å². The largest absolute Gasteiger partial charge is 0.336 e. The molecule has 1 aliphatic heterocycles. The molecule has 1 aliphatic rings. The molecule has 2 aromatic heterocycles. The Hall–Kier alpha value is -3.05. The van der Waals surface area contributed by atoms with Crippen molar-refractivity contribution in [3.63, 3.8) is 0 Å². The first-order chi connectivity index (χ1) is 14.5. The average molecular weight is 401 g/mol. The number of carbonyl (C=O) groups is 1. The van der Waals surface area contributed by atoms with E-state index in [2.05, 4.69) is 59.9 Å². The van der Waals surface area contributed by atoms with Gasteiger partial charge in [-0.1, -0.05) is 0 Å². The van der Waals surface area contributed by atoms with Gasteiger partial charge in [-0.15, -0.1) is 0 Å². The Morgan fingerprint density at radius 3 is 2.37 bits per heavy atom. The van der Waals surface area contributed by atoms with Crippen LogP contribution in [0.25, 0.3) is 11.3 Å². The van der Waals surface area contributed by atoms with E-state index in [1.165, 1.54) is 27.8 Å². The molecule has 0 unspecified atom stereocenters. The highest BCUT2D eigenvalue weighted by Crippen LogP contribution is 2.24. The molecular weight excluding hydrogens is 372 g/mol. The highest BCUT2D eigenvalue weighted by Gasteiger charge is 2.22. The van der Waals surface area contributed by atoms with E-state index in [0.717, 1.165) is 38.4 Å². The van der Waals surface area contributed by atoms with E-state index >= 15 is 0 Å². The van der Waals surface area contributed by atoms with Crippen molar-refractivity contribution in [1.82, 2.24) is 19.8 Å². The van der Waals surface area contributed by atoms with Crippen LogP contribution in [0.15, 0.2) is 55.0 Å². The van der Waals surface area contributed by atoms with Crippen LogP contribution in [0.5, 0.6) is 0 Å². The summed E-state index contributed by atoms with van der Waals surface area (Å²) in [4.78, 5) is 25.6. The van der Waals surface area contributed by atoms with Crippen LogP contribution in [0, 0.1) is 20.8 Å². The van der Waals surface area contributed by atoms with E-state index in [1.807, 2.05) is 23.2 Å². The van der Waals surface area contributed by atoms with Crippen molar-refractivity contribution in [1.29, 1.82) is 0 Å². The van der Waals surface area contributed by atoms with Gasteiger partial charge in [0.25, 0.3) is 5.91 Å². The minimum atomic E-state index is 0.0686. The molecule has 0 saturated carbocycles. The van der Waals surface area contributed by atoms with Crippen LogP contribution in [-0.4, -0.2) is 51.9 Å². The first-order valence-electron chi connectivity index (χ1n) is 10.5. The Bertz CT molecular complexity index is 1020. The molecule has 3 aromatic rings.